The van der Waals surface area contributed by atoms with E-state index in [1.54, 1.807) is 0 Å². The van der Waals surface area contributed by atoms with E-state index in [4.69, 9.17) is 0 Å². The van der Waals surface area contributed by atoms with Gasteiger partial charge in [-0.15, -0.1) is 0 Å². The van der Waals surface area contributed by atoms with E-state index in [2.05, 4.69) is 12.2 Å². The molecule has 2 aliphatic carbocycles. The number of hydrogen-bond donors (Lipinski definition) is 1. The number of nitrogens with one attached hydrogen (secondary N) is 1. The van der Waals surface area contributed by atoms with E-state index >= 15 is 0 Å². The van der Waals surface area contributed by atoms with Gasteiger partial charge in [0.2, 0.25) is 0 Å². The summed E-state index contributed by atoms with van der Waals surface area (Å²) >= 11 is 0. The number of hydrogen-bond acceptors (Lipinski definition) is 1. The third-order valence-corrected chi connectivity index (χ3v) is 4.02. The van der Waals surface area contributed by atoms with Crippen molar-refractivity contribution in [3.05, 3.63) is 0 Å². The first-order valence-electron chi connectivity index (χ1n) is 6.63. The fraction of sp³-hybridized carbons (Fsp3) is 1.00. The zero-order valence-corrected chi connectivity index (χ0v) is 9.60. The van der Waals surface area contributed by atoms with Gasteiger partial charge in [0.1, 0.15) is 0 Å². The van der Waals surface area contributed by atoms with Crippen molar-refractivity contribution in [2.75, 3.05) is 6.54 Å². The molecule has 0 heterocycles. The van der Waals surface area contributed by atoms with Gasteiger partial charge >= 0.3 is 0 Å². The van der Waals surface area contributed by atoms with E-state index < -0.39 is 0 Å². The molecule has 14 heavy (non-hydrogen) atoms. The summed E-state index contributed by atoms with van der Waals surface area (Å²) in [6.07, 6.45) is 11.9. The lowest BCUT2D eigenvalue weighted by atomic mass is 9.93. The van der Waals surface area contributed by atoms with Crippen LogP contribution in [-0.2, 0) is 0 Å². The first kappa shape index (κ1) is 10.5. The molecule has 2 saturated carbocycles. The molecule has 0 spiro atoms. The van der Waals surface area contributed by atoms with Gasteiger partial charge in [0.25, 0.3) is 0 Å². The fourth-order valence-electron chi connectivity index (χ4n) is 2.95. The molecule has 0 amide bonds. The van der Waals surface area contributed by atoms with Crippen LogP contribution in [-0.4, -0.2) is 12.6 Å². The van der Waals surface area contributed by atoms with Gasteiger partial charge < -0.3 is 5.32 Å². The Balaban J connectivity index is 1.72. The molecule has 0 aromatic heterocycles. The minimum Gasteiger partial charge on any atom is -0.314 e. The quantitative estimate of drug-likeness (QED) is 0.685. The third-order valence-electron chi connectivity index (χ3n) is 4.02. The Kier molecular flexibility index (Phi) is 3.86. The lowest BCUT2D eigenvalue weighted by molar-refractivity contribution is 0.334. The summed E-state index contributed by atoms with van der Waals surface area (Å²) in [5, 5.41) is 3.71. The SMILES string of the molecule is CCNC(CCC1CC1)C1CCCC1. The Morgan fingerprint density at radius 3 is 2.43 bits per heavy atom. The molecule has 2 fully saturated rings. The highest BCUT2D eigenvalue weighted by molar-refractivity contribution is 4.83. The summed E-state index contributed by atoms with van der Waals surface area (Å²) in [6, 6.07) is 0.850. The summed E-state index contributed by atoms with van der Waals surface area (Å²) in [5.41, 5.74) is 0. The predicted octanol–water partition coefficient (Wildman–Crippen LogP) is 3.34. The Morgan fingerprint density at radius 1 is 1.14 bits per heavy atom. The second-order valence-electron chi connectivity index (χ2n) is 5.23. The summed E-state index contributed by atoms with van der Waals surface area (Å²) in [5.74, 6) is 2.12. The maximum absolute atomic E-state index is 3.71. The van der Waals surface area contributed by atoms with Gasteiger partial charge in [0, 0.05) is 6.04 Å². The summed E-state index contributed by atoms with van der Waals surface area (Å²) < 4.78 is 0. The van der Waals surface area contributed by atoms with Crippen LogP contribution in [0.1, 0.15) is 58.3 Å². The average Bonchev–Trinajstić information content (AvgIpc) is 2.86. The van der Waals surface area contributed by atoms with Gasteiger partial charge in [0.15, 0.2) is 0 Å². The lowest BCUT2D eigenvalue weighted by Gasteiger charge is -2.24. The highest BCUT2D eigenvalue weighted by Crippen LogP contribution is 2.36. The van der Waals surface area contributed by atoms with Crippen LogP contribution in [0.2, 0.25) is 0 Å². The van der Waals surface area contributed by atoms with Crippen LogP contribution in [0.3, 0.4) is 0 Å². The molecular weight excluding hydrogens is 170 g/mol. The van der Waals surface area contributed by atoms with Gasteiger partial charge in [-0.25, -0.2) is 0 Å². The predicted molar refractivity (Wildman–Crippen MR) is 61.4 cm³/mol. The van der Waals surface area contributed by atoms with Crippen LogP contribution in [0.4, 0.5) is 0 Å². The standard InChI is InChI=1S/C13H25N/c1-2-14-13(10-9-11-7-8-11)12-5-3-4-6-12/h11-14H,2-10H2,1H3. The molecule has 82 valence electrons. The normalized spacial score (nSPS) is 25.5. The topological polar surface area (TPSA) is 12.0 Å². The van der Waals surface area contributed by atoms with Crippen molar-refractivity contribution in [2.45, 2.75) is 64.3 Å². The van der Waals surface area contributed by atoms with Crippen molar-refractivity contribution in [1.82, 2.24) is 5.32 Å². The average molecular weight is 195 g/mol. The highest BCUT2D eigenvalue weighted by atomic mass is 14.9. The van der Waals surface area contributed by atoms with Crippen LogP contribution in [0.5, 0.6) is 0 Å². The van der Waals surface area contributed by atoms with E-state index in [-0.39, 0.29) is 0 Å². The van der Waals surface area contributed by atoms with Crippen LogP contribution in [0.15, 0.2) is 0 Å². The lowest BCUT2D eigenvalue weighted by Crippen LogP contribution is -2.35. The summed E-state index contributed by atoms with van der Waals surface area (Å²) in [7, 11) is 0. The first-order chi connectivity index (χ1) is 6.90. The summed E-state index contributed by atoms with van der Waals surface area (Å²) in [6.45, 7) is 3.41. The molecule has 0 aromatic rings. The van der Waals surface area contributed by atoms with E-state index in [0.29, 0.717) is 0 Å². The second-order valence-corrected chi connectivity index (χ2v) is 5.23. The van der Waals surface area contributed by atoms with E-state index in [1.807, 2.05) is 0 Å². The minimum absolute atomic E-state index is 0.850. The van der Waals surface area contributed by atoms with E-state index in [0.717, 1.165) is 24.4 Å². The first-order valence-corrected chi connectivity index (χ1v) is 6.63. The Morgan fingerprint density at radius 2 is 1.86 bits per heavy atom. The van der Waals surface area contributed by atoms with Crippen molar-refractivity contribution in [2.24, 2.45) is 11.8 Å². The molecule has 0 aromatic carbocycles. The molecule has 0 radical (unpaired) electrons. The third kappa shape index (κ3) is 2.98. The van der Waals surface area contributed by atoms with Gasteiger partial charge in [-0.3, -0.25) is 0 Å². The highest BCUT2D eigenvalue weighted by Gasteiger charge is 2.27. The Labute approximate surface area is 88.7 Å². The van der Waals surface area contributed by atoms with Crippen LogP contribution in [0.25, 0.3) is 0 Å². The smallest absolute Gasteiger partial charge is 0.00953 e. The zero-order chi connectivity index (χ0) is 9.80. The molecule has 1 atom stereocenters. The fourth-order valence-corrected chi connectivity index (χ4v) is 2.95. The van der Waals surface area contributed by atoms with Gasteiger partial charge in [-0.1, -0.05) is 32.6 Å². The molecule has 0 aliphatic heterocycles. The Bertz CT molecular complexity index is 157. The van der Waals surface area contributed by atoms with Crippen molar-refractivity contribution in [3.63, 3.8) is 0 Å². The molecule has 0 bridgehead atoms. The Hall–Kier alpha value is -0.0400. The van der Waals surface area contributed by atoms with Gasteiger partial charge in [-0.2, -0.15) is 0 Å². The number of rotatable bonds is 6. The van der Waals surface area contributed by atoms with Crippen LogP contribution >= 0.6 is 0 Å². The van der Waals surface area contributed by atoms with Gasteiger partial charge in [0.05, 0.1) is 0 Å². The largest absolute Gasteiger partial charge is 0.314 e. The van der Waals surface area contributed by atoms with Crippen molar-refractivity contribution in [3.8, 4) is 0 Å². The van der Waals surface area contributed by atoms with Crippen molar-refractivity contribution >= 4 is 0 Å². The molecule has 1 unspecified atom stereocenters. The minimum atomic E-state index is 0.850. The van der Waals surface area contributed by atoms with Crippen LogP contribution < -0.4 is 5.32 Å². The molecular formula is C13H25N. The molecule has 0 saturated heterocycles. The molecule has 2 rings (SSSR count). The maximum Gasteiger partial charge on any atom is 0.00953 e. The molecule has 1 N–H and O–H groups in total. The van der Waals surface area contributed by atoms with E-state index in [1.165, 1.54) is 51.4 Å². The zero-order valence-electron chi connectivity index (χ0n) is 9.60. The van der Waals surface area contributed by atoms with Crippen molar-refractivity contribution < 1.29 is 0 Å². The van der Waals surface area contributed by atoms with Crippen LogP contribution in [0, 0.1) is 11.8 Å². The molecule has 1 heteroatoms. The molecule has 2 aliphatic rings. The van der Waals surface area contributed by atoms with E-state index in [9.17, 15) is 0 Å². The molecule has 1 nitrogen and oxygen atoms in total. The monoisotopic (exact) mass is 195 g/mol. The maximum atomic E-state index is 3.71. The van der Waals surface area contributed by atoms with Gasteiger partial charge in [-0.05, 0) is 44.1 Å². The second kappa shape index (κ2) is 5.16. The summed E-state index contributed by atoms with van der Waals surface area (Å²) in [4.78, 5) is 0. The van der Waals surface area contributed by atoms with Crippen molar-refractivity contribution in [1.29, 1.82) is 0 Å².